The Balaban J connectivity index is 2.43. The molecule has 0 amide bonds. The van der Waals surface area contributed by atoms with Gasteiger partial charge in [-0.1, -0.05) is 32.4 Å². The molecule has 3 saturated carbocycles. The minimum atomic E-state index is 0.562. The van der Waals surface area contributed by atoms with Gasteiger partial charge in [0.15, 0.2) is 0 Å². The lowest BCUT2D eigenvalue weighted by atomic mass is 9.48. The van der Waals surface area contributed by atoms with Crippen molar-refractivity contribution in [3.05, 3.63) is 11.6 Å². The second-order valence-corrected chi connectivity index (χ2v) is 4.89. The molecule has 0 N–H and O–H groups in total. The fourth-order valence-corrected chi connectivity index (χ4v) is 3.39. The molecule has 2 atom stereocenters. The Bertz CT molecular complexity index is 222. The third-order valence-electron chi connectivity index (χ3n) is 4.55. The molecule has 11 heavy (non-hydrogen) atoms. The Morgan fingerprint density at radius 2 is 2.00 bits per heavy atom. The number of allylic oxidation sites excluding steroid dienone is 2. The molecule has 2 unspecified atom stereocenters. The van der Waals surface area contributed by atoms with Gasteiger partial charge < -0.3 is 0 Å². The normalized spacial score (nSPS) is 49.5. The molecule has 0 aromatic rings. The molecule has 0 aliphatic heterocycles. The molecular weight excluding hydrogens is 132 g/mol. The fourth-order valence-electron chi connectivity index (χ4n) is 3.39. The number of hydrogen-bond acceptors (Lipinski definition) is 0. The van der Waals surface area contributed by atoms with Crippen LogP contribution in [0.4, 0.5) is 0 Å². The molecule has 0 spiro atoms. The van der Waals surface area contributed by atoms with Gasteiger partial charge in [0.05, 0.1) is 0 Å². The highest BCUT2D eigenvalue weighted by Gasteiger charge is 2.64. The zero-order valence-electron chi connectivity index (χ0n) is 8.07. The first-order chi connectivity index (χ1) is 5.04. The summed E-state index contributed by atoms with van der Waals surface area (Å²) in [5.74, 6) is 0.914. The fraction of sp³-hybridized carbons (Fsp3) is 0.818. The van der Waals surface area contributed by atoms with Gasteiger partial charge in [-0.15, -0.1) is 0 Å². The van der Waals surface area contributed by atoms with E-state index in [9.17, 15) is 0 Å². The lowest BCUT2D eigenvalue weighted by Crippen LogP contribution is -2.48. The van der Waals surface area contributed by atoms with Crippen LogP contribution in [-0.4, -0.2) is 0 Å². The second-order valence-electron chi connectivity index (χ2n) is 4.89. The number of fused-ring (bicyclic) bond motifs is 1. The quantitative estimate of drug-likeness (QED) is 0.464. The smallest absolute Gasteiger partial charge is 0.00564 e. The summed E-state index contributed by atoms with van der Waals surface area (Å²) in [6, 6.07) is 0. The summed E-state index contributed by atoms with van der Waals surface area (Å²) in [5.41, 5.74) is 2.89. The van der Waals surface area contributed by atoms with Crippen LogP contribution in [0.5, 0.6) is 0 Å². The van der Waals surface area contributed by atoms with E-state index in [2.05, 4.69) is 33.8 Å². The summed E-state index contributed by atoms with van der Waals surface area (Å²) in [6.45, 7) is 9.49. The van der Waals surface area contributed by atoms with Gasteiger partial charge in [0, 0.05) is 0 Å². The Hall–Kier alpha value is -0.260. The van der Waals surface area contributed by atoms with Crippen molar-refractivity contribution in [2.24, 2.45) is 16.7 Å². The van der Waals surface area contributed by atoms with Crippen LogP contribution in [0.15, 0.2) is 11.6 Å². The van der Waals surface area contributed by atoms with Gasteiger partial charge in [0.25, 0.3) is 0 Å². The molecule has 0 nitrogen and oxygen atoms in total. The monoisotopic (exact) mass is 150 g/mol. The van der Waals surface area contributed by atoms with E-state index in [-0.39, 0.29) is 0 Å². The molecular formula is C11H18. The Labute approximate surface area is 69.7 Å². The zero-order valence-corrected chi connectivity index (χ0v) is 8.07. The Kier molecular flexibility index (Phi) is 1.16. The van der Waals surface area contributed by atoms with Crippen molar-refractivity contribution < 1.29 is 0 Å². The van der Waals surface area contributed by atoms with Crippen molar-refractivity contribution in [3.63, 3.8) is 0 Å². The molecule has 3 rings (SSSR count). The molecule has 62 valence electrons. The molecule has 0 aromatic heterocycles. The average Bonchev–Trinajstić information content (AvgIpc) is 2.38. The van der Waals surface area contributed by atoms with Gasteiger partial charge in [-0.25, -0.2) is 0 Å². The maximum Gasteiger partial charge on any atom is -0.00564 e. The van der Waals surface area contributed by atoms with Crippen molar-refractivity contribution in [1.82, 2.24) is 0 Å². The van der Waals surface area contributed by atoms with E-state index in [4.69, 9.17) is 0 Å². The first-order valence-corrected chi connectivity index (χ1v) is 4.71. The summed E-state index contributed by atoms with van der Waals surface area (Å²) < 4.78 is 0. The van der Waals surface area contributed by atoms with Crippen LogP contribution in [0.2, 0.25) is 0 Å². The number of hydrogen-bond donors (Lipinski definition) is 0. The topological polar surface area (TPSA) is 0 Å². The first-order valence-electron chi connectivity index (χ1n) is 4.71. The van der Waals surface area contributed by atoms with Gasteiger partial charge >= 0.3 is 0 Å². The first kappa shape index (κ1) is 7.39. The van der Waals surface area contributed by atoms with Crippen molar-refractivity contribution in [2.45, 2.75) is 40.5 Å². The van der Waals surface area contributed by atoms with Crippen LogP contribution < -0.4 is 0 Å². The van der Waals surface area contributed by atoms with Crippen LogP contribution in [0.25, 0.3) is 0 Å². The molecule has 0 radical (unpaired) electrons. The van der Waals surface area contributed by atoms with Gasteiger partial charge in [0.1, 0.15) is 0 Å². The molecule has 3 aliphatic rings. The van der Waals surface area contributed by atoms with E-state index in [1.807, 2.05) is 0 Å². The molecule has 3 aliphatic carbocycles. The van der Waals surface area contributed by atoms with Crippen LogP contribution in [0.3, 0.4) is 0 Å². The molecule has 2 bridgehead atoms. The molecule has 0 heteroatoms. The minimum Gasteiger partial charge on any atom is -0.0876 e. The summed E-state index contributed by atoms with van der Waals surface area (Å²) in [4.78, 5) is 0. The van der Waals surface area contributed by atoms with Crippen molar-refractivity contribution in [3.8, 4) is 0 Å². The highest BCUT2D eigenvalue weighted by atomic mass is 14.7. The largest absolute Gasteiger partial charge is 0.0876 e. The van der Waals surface area contributed by atoms with Crippen LogP contribution in [-0.2, 0) is 0 Å². The third-order valence-corrected chi connectivity index (χ3v) is 4.55. The summed E-state index contributed by atoms with van der Waals surface area (Å²) in [7, 11) is 0. The predicted octanol–water partition coefficient (Wildman–Crippen LogP) is 3.39. The van der Waals surface area contributed by atoms with Crippen LogP contribution >= 0.6 is 0 Å². The van der Waals surface area contributed by atoms with E-state index >= 15 is 0 Å². The SMILES string of the molecule is C/C=C1/C2CCC1(C)C2(C)C. The zero-order chi connectivity index (χ0) is 8.28. The maximum absolute atomic E-state index is 2.44. The molecule has 0 saturated heterocycles. The Morgan fingerprint density at radius 1 is 1.36 bits per heavy atom. The van der Waals surface area contributed by atoms with Gasteiger partial charge in [-0.05, 0) is 36.5 Å². The van der Waals surface area contributed by atoms with E-state index in [1.54, 1.807) is 5.57 Å². The Morgan fingerprint density at radius 3 is 2.18 bits per heavy atom. The summed E-state index contributed by atoms with van der Waals surface area (Å²) in [6.07, 6.45) is 5.20. The lowest BCUT2D eigenvalue weighted by molar-refractivity contribution is 0.0434. The van der Waals surface area contributed by atoms with Crippen LogP contribution in [0, 0.1) is 16.7 Å². The number of rotatable bonds is 0. The lowest BCUT2D eigenvalue weighted by Gasteiger charge is -2.56. The summed E-state index contributed by atoms with van der Waals surface area (Å²) in [5, 5.41) is 0. The maximum atomic E-state index is 2.44. The highest BCUT2D eigenvalue weighted by Crippen LogP contribution is 2.73. The van der Waals surface area contributed by atoms with E-state index in [0.717, 1.165) is 5.92 Å². The van der Waals surface area contributed by atoms with E-state index in [0.29, 0.717) is 10.8 Å². The third kappa shape index (κ3) is 0.544. The highest BCUT2D eigenvalue weighted by molar-refractivity contribution is 5.37. The standard InChI is InChI=1S/C11H18/c1-5-8-9-6-7-11(8,4)10(9,2)3/h5,9H,6-7H2,1-4H3/b8-5-. The van der Waals surface area contributed by atoms with Crippen LogP contribution in [0.1, 0.15) is 40.5 Å². The van der Waals surface area contributed by atoms with E-state index in [1.165, 1.54) is 12.8 Å². The van der Waals surface area contributed by atoms with Crippen molar-refractivity contribution in [1.29, 1.82) is 0 Å². The van der Waals surface area contributed by atoms with Gasteiger partial charge in [-0.2, -0.15) is 0 Å². The minimum absolute atomic E-state index is 0.562. The average molecular weight is 150 g/mol. The van der Waals surface area contributed by atoms with Crippen molar-refractivity contribution in [2.75, 3.05) is 0 Å². The summed E-state index contributed by atoms with van der Waals surface area (Å²) >= 11 is 0. The van der Waals surface area contributed by atoms with E-state index < -0.39 is 0 Å². The molecule has 0 aromatic carbocycles. The second kappa shape index (κ2) is 1.73. The van der Waals surface area contributed by atoms with Gasteiger partial charge in [0.2, 0.25) is 0 Å². The molecule has 3 fully saturated rings. The predicted molar refractivity (Wildman–Crippen MR) is 48.4 cm³/mol. The van der Waals surface area contributed by atoms with Crippen molar-refractivity contribution >= 4 is 0 Å². The van der Waals surface area contributed by atoms with Gasteiger partial charge in [-0.3, -0.25) is 0 Å². The molecule has 0 heterocycles.